The number of ether oxygens (including phenoxy) is 1. The topological polar surface area (TPSA) is 56.5 Å². The minimum absolute atomic E-state index is 0.00519. The van der Waals surface area contributed by atoms with Gasteiger partial charge in [0.05, 0.1) is 18.9 Å². The van der Waals surface area contributed by atoms with Gasteiger partial charge in [-0.1, -0.05) is 6.07 Å². The van der Waals surface area contributed by atoms with Gasteiger partial charge in [-0.25, -0.2) is 4.39 Å². The second-order valence-electron chi connectivity index (χ2n) is 4.12. The van der Waals surface area contributed by atoms with Gasteiger partial charge in [0.2, 0.25) is 0 Å². The zero-order valence-corrected chi connectivity index (χ0v) is 11.0. The summed E-state index contributed by atoms with van der Waals surface area (Å²) in [5.74, 6) is -0.728. The fraction of sp³-hybridized carbons (Fsp3) is 0.462. The molecule has 0 aliphatic heterocycles. The Labute approximate surface area is 119 Å². The number of aliphatic hydroxyl groups excluding tert-OH is 1. The first kappa shape index (κ1) is 17.2. The number of aliphatic hydroxyl groups is 1. The highest BCUT2D eigenvalue weighted by Crippen LogP contribution is 2.22. The van der Waals surface area contributed by atoms with Crippen molar-refractivity contribution in [2.45, 2.75) is 6.18 Å². The second kappa shape index (κ2) is 7.81. The SMILES string of the molecule is N#Cc1c(F)cccc1N(CCO)CCOCC(F)(F)F. The molecule has 0 amide bonds. The summed E-state index contributed by atoms with van der Waals surface area (Å²) in [6.45, 7) is -1.89. The third-order valence-electron chi connectivity index (χ3n) is 2.59. The smallest absolute Gasteiger partial charge is 0.395 e. The molecule has 0 aliphatic carbocycles. The number of hydrogen-bond acceptors (Lipinski definition) is 4. The Morgan fingerprint density at radius 3 is 2.57 bits per heavy atom. The molecule has 1 rings (SSSR count). The van der Waals surface area contributed by atoms with Crippen molar-refractivity contribution >= 4 is 5.69 Å². The van der Waals surface area contributed by atoms with Crippen molar-refractivity contribution in [3.05, 3.63) is 29.6 Å². The molecule has 0 atom stereocenters. The molecule has 0 spiro atoms. The van der Waals surface area contributed by atoms with Gasteiger partial charge in [-0.05, 0) is 12.1 Å². The van der Waals surface area contributed by atoms with Gasteiger partial charge in [0.1, 0.15) is 24.1 Å². The van der Waals surface area contributed by atoms with Crippen LogP contribution in [-0.4, -0.2) is 44.2 Å². The Kier molecular flexibility index (Phi) is 6.39. The van der Waals surface area contributed by atoms with E-state index in [1.165, 1.54) is 17.0 Å². The summed E-state index contributed by atoms with van der Waals surface area (Å²) >= 11 is 0. The van der Waals surface area contributed by atoms with Gasteiger partial charge in [0.15, 0.2) is 0 Å². The summed E-state index contributed by atoms with van der Waals surface area (Å²) in [7, 11) is 0. The Hall–Kier alpha value is -1.85. The van der Waals surface area contributed by atoms with Crippen LogP contribution >= 0.6 is 0 Å². The molecule has 0 unspecified atom stereocenters. The van der Waals surface area contributed by atoms with Gasteiger partial charge in [0, 0.05) is 13.1 Å². The zero-order valence-electron chi connectivity index (χ0n) is 11.0. The molecule has 1 aromatic carbocycles. The van der Waals surface area contributed by atoms with Crippen molar-refractivity contribution in [2.24, 2.45) is 0 Å². The molecule has 0 aliphatic rings. The highest BCUT2D eigenvalue weighted by atomic mass is 19.4. The fourth-order valence-electron chi connectivity index (χ4n) is 1.72. The van der Waals surface area contributed by atoms with E-state index >= 15 is 0 Å². The van der Waals surface area contributed by atoms with Crippen LogP contribution in [0.2, 0.25) is 0 Å². The number of anilines is 1. The highest BCUT2D eigenvalue weighted by Gasteiger charge is 2.27. The molecule has 0 radical (unpaired) electrons. The van der Waals surface area contributed by atoms with Crippen LogP contribution in [0.4, 0.5) is 23.2 Å². The van der Waals surface area contributed by atoms with E-state index in [0.717, 1.165) is 6.07 Å². The molecule has 0 fully saturated rings. The predicted molar refractivity (Wildman–Crippen MR) is 67.3 cm³/mol. The van der Waals surface area contributed by atoms with Crippen molar-refractivity contribution in [3.8, 4) is 6.07 Å². The summed E-state index contributed by atoms with van der Waals surface area (Å²) in [4.78, 5) is 1.40. The molecule has 0 saturated heterocycles. The average Bonchev–Trinajstić information content (AvgIpc) is 2.41. The maximum absolute atomic E-state index is 13.5. The number of halogens is 4. The van der Waals surface area contributed by atoms with Crippen LogP contribution in [0.1, 0.15) is 5.56 Å². The molecule has 8 heteroatoms. The average molecular weight is 306 g/mol. The zero-order chi connectivity index (χ0) is 15.9. The van der Waals surface area contributed by atoms with Crippen LogP contribution in [-0.2, 0) is 4.74 Å². The van der Waals surface area contributed by atoms with E-state index in [1.54, 1.807) is 6.07 Å². The molecule has 4 nitrogen and oxygen atoms in total. The van der Waals surface area contributed by atoms with Crippen molar-refractivity contribution in [2.75, 3.05) is 37.8 Å². The van der Waals surface area contributed by atoms with Crippen molar-refractivity contribution in [1.29, 1.82) is 5.26 Å². The van der Waals surface area contributed by atoms with Crippen LogP contribution in [0, 0.1) is 17.1 Å². The van der Waals surface area contributed by atoms with E-state index in [1.807, 2.05) is 0 Å². The predicted octanol–water partition coefficient (Wildman–Crippen LogP) is 2.07. The second-order valence-corrected chi connectivity index (χ2v) is 4.12. The third-order valence-corrected chi connectivity index (χ3v) is 2.59. The Balaban J connectivity index is 2.74. The van der Waals surface area contributed by atoms with Crippen LogP contribution in [0.15, 0.2) is 18.2 Å². The van der Waals surface area contributed by atoms with E-state index in [2.05, 4.69) is 4.74 Å². The maximum Gasteiger partial charge on any atom is 0.411 e. The first-order chi connectivity index (χ1) is 9.89. The van der Waals surface area contributed by atoms with Crippen LogP contribution in [0.25, 0.3) is 0 Å². The molecule has 1 N–H and O–H groups in total. The Morgan fingerprint density at radius 2 is 2.00 bits per heavy atom. The minimum atomic E-state index is -4.42. The molecule has 0 heterocycles. The van der Waals surface area contributed by atoms with Gasteiger partial charge in [-0.3, -0.25) is 0 Å². The standard InChI is InChI=1S/C13H14F4N2O2/c14-11-2-1-3-12(10(11)8-18)19(4-6-20)5-7-21-9-13(15,16)17/h1-3,20H,4-7,9H2. The number of benzene rings is 1. The summed E-state index contributed by atoms with van der Waals surface area (Å²) < 4.78 is 53.8. The first-order valence-corrected chi connectivity index (χ1v) is 6.08. The van der Waals surface area contributed by atoms with Crippen LogP contribution in [0.5, 0.6) is 0 Å². The van der Waals surface area contributed by atoms with E-state index in [0.29, 0.717) is 0 Å². The quantitative estimate of drug-likeness (QED) is 0.619. The lowest BCUT2D eigenvalue weighted by molar-refractivity contribution is -0.173. The maximum atomic E-state index is 13.5. The van der Waals surface area contributed by atoms with E-state index in [-0.39, 0.29) is 37.6 Å². The lowest BCUT2D eigenvalue weighted by Gasteiger charge is -2.25. The van der Waals surface area contributed by atoms with E-state index in [4.69, 9.17) is 10.4 Å². The summed E-state index contributed by atoms with van der Waals surface area (Å²) in [5, 5.41) is 17.9. The van der Waals surface area contributed by atoms with Gasteiger partial charge < -0.3 is 14.7 Å². The van der Waals surface area contributed by atoms with Gasteiger partial charge in [-0.15, -0.1) is 0 Å². The molecule has 0 bridgehead atoms. The monoisotopic (exact) mass is 306 g/mol. The number of hydrogen-bond donors (Lipinski definition) is 1. The summed E-state index contributed by atoms with van der Waals surface area (Å²) in [5.41, 5.74) is -0.0102. The number of alkyl halides is 3. The summed E-state index contributed by atoms with van der Waals surface area (Å²) in [6.07, 6.45) is -4.42. The van der Waals surface area contributed by atoms with Crippen molar-refractivity contribution < 1.29 is 27.4 Å². The van der Waals surface area contributed by atoms with Crippen LogP contribution in [0.3, 0.4) is 0 Å². The van der Waals surface area contributed by atoms with Crippen molar-refractivity contribution in [3.63, 3.8) is 0 Å². The molecule has 1 aromatic rings. The number of nitrogens with zero attached hydrogens (tertiary/aromatic N) is 2. The molecule has 21 heavy (non-hydrogen) atoms. The van der Waals surface area contributed by atoms with E-state index < -0.39 is 18.6 Å². The minimum Gasteiger partial charge on any atom is -0.395 e. The summed E-state index contributed by atoms with van der Waals surface area (Å²) in [6, 6.07) is 5.65. The number of rotatable bonds is 7. The fourth-order valence-corrected chi connectivity index (χ4v) is 1.72. The normalized spacial score (nSPS) is 11.2. The first-order valence-electron chi connectivity index (χ1n) is 6.08. The molecular formula is C13H14F4N2O2. The lowest BCUT2D eigenvalue weighted by Crippen LogP contribution is -2.32. The van der Waals surface area contributed by atoms with Gasteiger partial charge in [0.25, 0.3) is 0 Å². The van der Waals surface area contributed by atoms with E-state index in [9.17, 15) is 17.6 Å². The van der Waals surface area contributed by atoms with Gasteiger partial charge in [-0.2, -0.15) is 18.4 Å². The molecule has 116 valence electrons. The largest absolute Gasteiger partial charge is 0.411 e. The highest BCUT2D eigenvalue weighted by molar-refractivity contribution is 5.59. The van der Waals surface area contributed by atoms with Crippen molar-refractivity contribution in [1.82, 2.24) is 0 Å². The molecule has 0 aromatic heterocycles. The number of nitriles is 1. The Morgan fingerprint density at radius 1 is 1.29 bits per heavy atom. The molecule has 0 saturated carbocycles. The van der Waals surface area contributed by atoms with Gasteiger partial charge >= 0.3 is 6.18 Å². The third kappa shape index (κ3) is 5.57. The Bertz CT molecular complexity index is 500. The molecular weight excluding hydrogens is 292 g/mol. The van der Waals surface area contributed by atoms with Crippen LogP contribution < -0.4 is 4.90 Å². The lowest BCUT2D eigenvalue weighted by atomic mass is 10.1.